The second-order valence-corrected chi connectivity index (χ2v) is 8.24. The minimum atomic E-state index is -1.25. The Kier molecular flexibility index (Phi) is 5.51. The molecule has 1 N–H and O–H groups in total. The largest absolute Gasteiger partial charge is 0.451 e. The maximum atomic E-state index is 13.1. The highest BCUT2D eigenvalue weighted by Crippen LogP contribution is 2.32. The van der Waals surface area contributed by atoms with Gasteiger partial charge >= 0.3 is 5.97 Å². The number of amides is 1. The summed E-state index contributed by atoms with van der Waals surface area (Å²) in [7, 11) is 1.64. The third kappa shape index (κ3) is 3.76. The zero-order chi connectivity index (χ0) is 25.6. The Bertz CT molecular complexity index is 1650. The molecule has 1 aliphatic rings. The van der Waals surface area contributed by atoms with Crippen LogP contribution in [0.15, 0.2) is 59.8 Å². The number of carbonyl (C=O) groups excluding carboxylic acids is 4. The first-order chi connectivity index (χ1) is 17.3. The molecule has 180 valence electrons. The van der Waals surface area contributed by atoms with Crippen molar-refractivity contribution in [3.8, 4) is 0 Å². The molecule has 4 aromatic rings. The molecule has 1 amide bonds. The lowest BCUT2D eigenvalue weighted by Crippen LogP contribution is -2.33. The highest BCUT2D eigenvalue weighted by molar-refractivity contribution is 6.30. The predicted octanol–water partition coefficient (Wildman–Crippen LogP) is 1.48. The van der Waals surface area contributed by atoms with Gasteiger partial charge < -0.3 is 10.1 Å². The minimum Gasteiger partial charge on any atom is -0.451 e. The molecule has 0 aliphatic heterocycles. The van der Waals surface area contributed by atoms with Crippen molar-refractivity contribution in [1.29, 1.82) is 0 Å². The highest BCUT2D eigenvalue weighted by atomic mass is 16.5. The second kappa shape index (κ2) is 8.69. The van der Waals surface area contributed by atoms with E-state index in [1.807, 2.05) is 0 Å². The number of hydrogen-bond donors (Lipinski definition) is 1. The van der Waals surface area contributed by atoms with Gasteiger partial charge in [-0.3, -0.25) is 33.2 Å². The first kappa shape index (κ1) is 22.8. The Morgan fingerprint density at radius 1 is 1.00 bits per heavy atom. The number of anilines is 1. The van der Waals surface area contributed by atoms with Gasteiger partial charge in [-0.15, -0.1) is 0 Å². The fraction of sp³-hybridized carbons (Fsp3) is 0.160. The fourth-order valence-corrected chi connectivity index (χ4v) is 4.09. The quantitative estimate of drug-likeness (QED) is 0.369. The van der Waals surface area contributed by atoms with Crippen molar-refractivity contribution in [2.24, 2.45) is 7.05 Å². The average Bonchev–Trinajstić information content (AvgIpc) is 3.25. The number of benzene rings is 2. The molecule has 11 nitrogen and oxygen atoms in total. The molecule has 0 saturated carbocycles. The van der Waals surface area contributed by atoms with E-state index >= 15 is 0 Å². The lowest BCUT2D eigenvalue weighted by molar-refractivity contribution is -0.153. The molecule has 0 saturated heterocycles. The van der Waals surface area contributed by atoms with E-state index in [-0.39, 0.29) is 33.5 Å². The van der Waals surface area contributed by atoms with Crippen LogP contribution < -0.4 is 10.9 Å². The number of ketones is 2. The summed E-state index contributed by atoms with van der Waals surface area (Å²) in [6.45, 7) is 0.898. The molecule has 0 bridgehead atoms. The molecule has 2 aromatic carbocycles. The molecule has 36 heavy (non-hydrogen) atoms. The molecule has 0 spiro atoms. The summed E-state index contributed by atoms with van der Waals surface area (Å²) in [4.78, 5) is 67.9. The highest BCUT2D eigenvalue weighted by Gasteiger charge is 2.32. The average molecular weight is 485 g/mol. The topological polar surface area (TPSA) is 142 Å². The van der Waals surface area contributed by atoms with Crippen LogP contribution >= 0.6 is 0 Å². The molecule has 5 rings (SSSR count). The second-order valence-electron chi connectivity index (χ2n) is 8.24. The number of carbonyl (C=O) groups is 4. The van der Waals surface area contributed by atoms with Crippen molar-refractivity contribution in [2.75, 3.05) is 5.32 Å². The number of nitrogens with one attached hydrogen (secondary N) is 1. The third-order valence-electron chi connectivity index (χ3n) is 5.91. The summed E-state index contributed by atoms with van der Waals surface area (Å²) >= 11 is 0. The van der Waals surface area contributed by atoms with Crippen molar-refractivity contribution >= 4 is 40.2 Å². The molecular weight excluding hydrogens is 466 g/mol. The summed E-state index contributed by atoms with van der Waals surface area (Å²) < 4.78 is 7.69. The van der Waals surface area contributed by atoms with Crippen LogP contribution in [0.4, 0.5) is 5.69 Å². The molecule has 0 fully saturated rings. The molecule has 1 aliphatic carbocycles. The maximum Gasteiger partial charge on any atom is 0.326 e. The van der Waals surface area contributed by atoms with Gasteiger partial charge in [0.2, 0.25) is 0 Å². The minimum absolute atomic E-state index is 0.0791. The van der Waals surface area contributed by atoms with E-state index in [2.05, 4.69) is 15.4 Å². The monoisotopic (exact) mass is 485 g/mol. The van der Waals surface area contributed by atoms with Crippen molar-refractivity contribution in [3.05, 3.63) is 87.6 Å². The van der Waals surface area contributed by atoms with Crippen molar-refractivity contribution in [2.45, 2.75) is 19.6 Å². The molecule has 0 radical (unpaired) electrons. The molecular formula is C25H19N5O6. The van der Waals surface area contributed by atoms with Crippen LogP contribution in [0.25, 0.3) is 11.0 Å². The Hall–Kier alpha value is -4.93. The van der Waals surface area contributed by atoms with Crippen LogP contribution in [0.5, 0.6) is 0 Å². The van der Waals surface area contributed by atoms with E-state index in [1.54, 1.807) is 37.4 Å². The number of hydrogen-bond acceptors (Lipinski definition) is 8. The van der Waals surface area contributed by atoms with E-state index in [1.165, 1.54) is 36.3 Å². The summed E-state index contributed by atoms with van der Waals surface area (Å²) in [5, 5.41) is 6.79. The van der Waals surface area contributed by atoms with Crippen LogP contribution in [0.2, 0.25) is 0 Å². The van der Waals surface area contributed by atoms with E-state index in [4.69, 9.17) is 4.74 Å². The number of esters is 1. The number of aromatic nitrogens is 4. The standard InChI is InChI=1S/C25H19N5O6/c1-13(36-19(31)11-30-12-26-23-17(25(30)35)10-27-29(23)2)24(34)28-18-9-5-8-16-20(18)22(33)15-7-4-3-6-14(15)21(16)32/h3-10,12-13H,11H2,1-2H3,(H,28,34). The molecule has 1 atom stereocenters. The Morgan fingerprint density at radius 2 is 1.69 bits per heavy atom. The van der Waals surface area contributed by atoms with Crippen LogP contribution in [0.3, 0.4) is 0 Å². The first-order valence-corrected chi connectivity index (χ1v) is 10.9. The summed E-state index contributed by atoms with van der Waals surface area (Å²) in [5.74, 6) is -2.25. The van der Waals surface area contributed by atoms with Gasteiger partial charge in [-0.1, -0.05) is 36.4 Å². The summed E-state index contributed by atoms with van der Waals surface area (Å²) in [6, 6.07) is 11.0. The predicted molar refractivity (Wildman–Crippen MR) is 127 cm³/mol. The Morgan fingerprint density at radius 3 is 2.44 bits per heavy atom. The van der Waals surface area contributed by atoms with Crippen LogP contribution in [-0.4, -0.2) is 48.9 Å². The van der Waals surface area contributed by atoms with Gasteiger partial charge in [-0.2, -0.15) is 5.10 Å². The van der Waals surface area contributed by atoms with Crippen molar-refractivity contribution < 1.29 is 23.9 Å². The van der Waals surface area contributed by atoms with Gasteiger partial charge in [0.1, 0.15) is 18.3 Å². The number of aryl methyl sites for hydroxylation is 1. The summed E-state index contributed by atoms with van der Waals surface area (Å²) in [5.41, 5.74) is 0.849. The maximum absolute atomic E-state index is 13.1. The normalized spacial score (nSPS) is 13.2. The molecule has 2 aromatic heterocycles. The van der Waals surface area contributed by atoms with Gasteiger partial charge in [0.15, 0.2) is 23.3 Å². The van der Waals surface area contributed by atoms with Gasteiger partial charge in [-0.05, 0) is 13.0 Å². The van der Waals surface area contributed by atoms with E-state index in [9.17, 15) is 24.0 Å². The van der Waals surface area contributed by atoms with Crippen molar-refractivity contribution in [3.63, 3.8) is 0 Å². The van der Waals surface area contributed by atoms with Crippen LogP contribution in [0, 0.1) is 0 Å². The van der Waals surface area contributed by atoms with Crippen molar-refractivity contribution in [1.82, 2.24) is 19.3 Å². The Balaban J connectivity index is 1.31. The van der Waals surface area contributed by atoms with Crippen LogP contribution in [-0.2, 0) is 27.9 Å². The number of fused-ring (bicyclic) bond motifs is 3. The van der Waals surface area contributed by atoms with Gasteiger partial charge in [0.25, 0.3) is 11.5 Å². The number of nitrogens with zero attached hydrogens (tertiary/aromatic N) is 4. The molecule has 2 heterocycles. The Labute approximate surface area is 203 Å². The van der Waals surface area contributed by atoms with E-state index in [0.717, 1.165) is 4.57 Å². The van der Waals surface area contributed by atoms with Gasteiger partial charge in [-0.25, -0.2) is 4.98 Å². The number of ether oxygens (including phenoxy) is 1. The third-order valence-corrected chi connectivity index (χ3v) is 5.91. The van der Waals surface area contributed by atoms with E-state index < -0.39 is 35.9 Å². The lowest BCUT2D eigenvalue weighted by atomic mass is 9.83. The zero-order valence-corrected chi connectivity index (χ0v) is 19.2. The number of rotatable bonds is 5. The van der Waals surface area contributed by atoms with Gasteiger partial charge in [0, 0.05) is 23.7 Å². The first-order valence-electron chi connectivity index (χ1n) is 10.9. The van der Waals surface area contributed by atoms with Crippen LogP contribution in [0.1, 0.15) is 38.8 Å². The van der Waals surface area contributed by atoms with E-state index in [0.29, 0.717) is 11.2 Å². The molecule has 11 heteroatoms. The molecule has 1 unspecified atom stereocenters. The lowest BCUT2D eigenvalue weighted by Gasteiger charge is -2.21. The smallest absolute Gasteiger partial charge is 0.326 e. The fourth-order valence-electron chi connectivity index (χ4n) is 4.09. The zero-order valence-electron chi connectivity index (χ0n) is 19.2. The summed E-state index contributed by atoms with van der Waals surface area (Å²) in [6.07, 6.45) is 1.31. The SMILES string of the molecule is CC(OC(=O)Cn1cnc2c(cnn2C)c1=O)C(=O)Nc1cccc2c1C(=O)c1ccccc1C2=O. The van der Waals surface area contributed by atoms with Gasteiger partial charge in [0.05, 0.1) is 17.4 Å².